The zero-order valence-electron chi connectivity index (χ0n) is 7.35. The molecule has 1 aromatic heterocycles. The van der Waals surface area contributed by atoms with Gasteiger partial charge in [0.25, 0.3) is 0 Å². The molecule has 0 saturated carbocycles. The molecule has 0 spiro atoms. The zero-order valence-corrected chi connectivity index (χ0v) is 8.17. The van der Waals surface area contributed by atoms with Crippen LogP contribution < -0.4 is 0 Å². The normalized spacial score (nSPS) is 12.3. The molecule has 0 aliphatic rings. The summed E-state index contributed by atoms with van der Waals surface area (Å²) in [4.78, 5) is 0. The molecule has 0 fully saturated rings. The second-order valence-electron chi connectivity index (χ2n) is 3.13. The van der Waals surface area contributed by atoms with E-state index < -0.39 is 11.7 Å². The molecule has 2 rings (SSSR count). The van der Waals surface area contributed by atoms with Crippen molar-refractivity contribution in [2.75, 3.05) is 0 Å². The van der Waals surface area contributed by atoms with Gasteiger partial charge in [0.2, 0.25) is 0 Å². The Balaban J connectivity index is 2.66. The van der Waals surface area contributed by atoms with Gasteiger partial charge in [0.15, 0.2) is 0 Å². The van der Waals surface area contributed by atoms with Gasteiger partial charge in [0, 0.05) is 4.70 Å². The molecule has 0 aliphatic carbocycles. The van der Waals surface area contributed by atoms with E-state index in [0.29, 0.717) is 5.39 Å². The number of rotatable bonds is 0. The molecule has 0 bridgehead atoms. The van der Waals surface area contributed by atoms with Crippen LogP contribution in [0, 0.1) is 6.92 Å². The van der Waals surface area contributed by atoms with E-state index in [9.17, 15) is 13.2 Å². The highest BCUT2D eigenvalue weighted by atomic mass is 32.1. The largest absolute Gasteiger partial charge is 0.416 e. The van der Waals surface area contributed by atoms with Crippen LogP contribution in [0.1, 0.15) is 11.1 Å². The van der Waals surface area contributed by atoms with Crippen LogP contribution in [0.4, 0.5) is 13.2 Å². The first kappa shape index (κ1) is 9.52. The molecule has 4 heteroatoms. The molecule has 0 nitrogen and oxygen atoms in total. The standard InChI is InChI=1S/C10H7F3S/c1-6-5-14-9-3-2-7(4-8(6)9)10(11,12)13/h2-5H,1H3. The van der Waals surface area contributed by atoms with E-state index >= 15 is 0 Å². The quantitative estimate of drug-likeness (QED) is 0.618. The van der Waals surface area contributed by atoms with Crippen LogP contribution in [0.2, 0.25) is 0 Å². The summed E-state index contributed by atoms with van der Waals surface area (Å²) >= 11 is 1.47. The summed E-state index contributed by atoms with van der Waals surface area (Å²) < 4.78 is 38.0. The topological polar surface area (TPSA) is 0 Å². The van der Waals surface area contributed by atoms with Crippen LogP contribution >= 0.6 is 11.3 Å². The molecular formula is C10H7F3S. The maximum atomic E-state index is 12.4. The Hall–Kier alpha value is -1.03. The lowest BCUT2D eigenvalue weighted by molar-refractivity contribution is -0.137. The Morgan fingerprint density at radius 1 is 1.21 bits per heavy atom. The molecule has 0 N–H and O–H groups in total. The molecule has 74 valence electrons. The van der Waals surface area contributed by atoms with Gasteiger partial charge in [-0.25, -0.2) is 0 Å². The fourth-order valence-corrected chi connectivity index (χ4v) is 2.26. The number of hydrogen-bond donors (Lipinski definition) is 0. The summed E-state index contributed by atoms with van der Waals surface area (Å²) in [6.07, 6.45) is -4.25. The summed E-state index contributed by atoms with van der Waals surface area (Å²) in [6, 6.07) is 3.86. The Bertz CT molecular complexity index is 468. The van der Waals surface area contributed by atoms with E-state index in [1.165, 1.54) is 23.5 Å². The van der Waals surface area contributed by atoms with E-state index in [1.807, 2.05) is 12.3 Å². The number of benzene rings is 1. The van der Waals surface area contributed by atoms with Crippen LogP contribution in [0.5, 0.6) is 0 Å². The van der Waals surface area contributed by atoms with Crippen molar-refractivity contribution < 1.29 is 13.2 Å². The predicted molar refractivity (Wildman–Crippen MR) is 51.6 cm³/mol. The minimum Gasteiger partial charge on any atom is -0.166 e. The molecular weight excluding hydrogens is 209 g/mol. The van der Waals surface area contributed by atoms with Crippen LogP contribution in [0.15, 0.2) is 23.6 Å². The van der Waals surface area contributed by atoms with Crippen molar-refractivity contribution in [3.8, 4) is 0 Å². The SMILES string of the molecule is Cc1csc2ccc(C(F)(F)F)cc12. The highest BCUT2D eigenvalue weighted by molar-refractivity contribution is 7.17. The van der Waals surface area contributed by atoms with Gasteiger partial charge in [-0.2, -0.15) is 13.2 Å². The molecule has 0 saturated heterocycles. The molecule has 0 unspecified atom stereocenters. The van der Waals surface area contributed by atoms with Gasteiger partial charge in [-0.3, -0.25) is 0 Å². The Morgan fingerprint density at radius 3 is 2.57 bits per heavy atom. The van der Waals surface area contributed by atoms with Gasteiger partial charge in [0.05, 0.1) is 5.56 Å². The van der Waals surface area contributed by atoms with Crippen LogP contribution in [0.3, 0.4) is 0 Å². The summed E-state index contributed by atoms with van der Waals surface area (Å²) in [7, 11) is 0. The third-order valence-corrected chi connectivity index (χ3v) is 3.18. The van der Waals surface area contributed by atoms with E-state index in [-0.39, 0.29) is 0 Å². The van der Waals surface area contributed by atoms with Crippen molar-refractivity contribution >= 4 is 21.4 Å². The maximum Gasteiger partial charge on any atom is 0.416 e. The van der Waals surface area contributed by atoms with Crippen LogP contribution in [-0.4, -0.2) is 0 Å². The lowest BCUT2D eigenvalue weighted by Crippen LogP contribution is -2.03. The maximum absolute atomic E-state index is 12.4. The van der Waals surface area contributed by atoms with Crippen molar-refractivity contribution in [3.05, 3.63) is 34.7 Å². The molecule has 2 aromatic rings. The van der Waals surface area contributed by atoms with Gasteiger partial charge in [-0.15, -0.1) is 11.3 Å². The molecule has 14 heavy (non-hydrogen) atoms. The summed E-state index contributed by atoms with van der Waals surface area (Å²) in [5, 5.41) is 2.56. The van der Waals surface area contributed by atoms with E-state index in [0.717, 1.165) is 16.3 Å². The lowest BCUT2D eigenvalue weighted by atomic mass is 10.1. The Labute approximate surface area is 83.0 Å². The molecule has 0 atom stereocenters. The van der Waals surface area contributed by atoms with Gasteiger partial charge < -0.3 is 0 Å². The average Bonchev–Trinajstić information content (AvgIpc) is 2.46. The summed E-state index contributed by atoms with van der Waals surface area (Å²) in [6.45, 7) is 1.82. The van der Waals surface area contributed by atoms with Crippen LogP contribution in [-0.2, 0) is 6.18 Å². The summed E-state index contributed by atoms with van der Waals surface area (Å²) in [5.74, 6) is 0. The van der Waals surface area contributed by atoms with E-state index in [4.69, 9.17) is 0 Å². The first-order valence-electron chi connectivity index (χ1n) is 4.03. The van der Waals surface area contributed by atoms with Gasteiger partial charge >= 0.3 is 6.18 Å². The predicted octanol–water partition coefficient (Wildman–Crippen LogP) is 4.23. The molecule has 1 aromatic carbocycles. The third kappa shape index (κ3) is 1.50. The van der Waals surface area contributed by atoms with E-state index in [1.54, 1.807) is 0 Å². The highest BCUT2D eigenvalue weighted by Crippen LogP contribution is 2.34. The summed E-state index contributed by atoms with van der Waals surface area (Å²) in [5.41, 5.74) is 0.322. The van der Waals surface area contributed by atoms with Gasteiger partial charge in [-0.05, 0) is 41.5 Å². The average molecular weight is 216 g/mol. The van der Waals surface area contributed by atoms with Gasteiger partial charge in [-0.1, -0.05) is 0 Å². The van der Waals surface area contributed by atoms with E-state index in [2.05, 4.69) is 0 Å². The number of hydrogen-bond acceptors (Lipinski definition) is 1. The second kappa shape index (κ2) is 2.98. The fourth-order valence-electron chi connectivity index (χ4n) is 1.33. The highest BCUT2D eigenvalue weighted by Gasteiger charge is 2.30. The molecule has 0 aliphatic heterocycles. The first-order valence-corrected chi connectivity index (χ1v) is 4.91. The minimum atomic E-state index is -4.25. The fraction of sp³-hybridized carbons (Fsp3) is 0.200. The third-order valence-electron chi connectivity index (χ3n) is 2.09. The molecule has 0 amide bonds. The second-order valence-corrected chi connectivity index (χ2v) is 4.04. The van der Waals surface area contributed by atoms with Gasteiger partial charge in [0.1, 0.15) is 0 Å². The zero-order chi connectivity index (χ0) is 10.3. The number of thiophene rings is 1. The molecule has 1 heterocycles. The minimum absolute atomic E-state index is 0.577. The number of fused-ring (bicyclic) bond motifs is 1. The molecule has 0 radical (unpaired) electrons. The van der Waals surface area contributed by atoms with Crippen LogP contribution in [0.25, 0.3) is 10.1 Å². The lowest BCUT2D eigenvalue weighted by Gasteiger charge is -2.06. The van der Waals surface area contributed by atoms with Crippen molar-refractivity contribution in [1.82, 2.24) is 0 Å². The Kier molecular flexibility index (Phi) is 2.03. The van der Waals surface area contributed by atoms with Crippen molar-refractivity contribution in [2.45, 2.75) is 13.1 Å². The number of halogens is 3. The first-order chi connectivity index (χ1) is 6.48. The van der Waals surface area contributed by atoms with Crippen molar-refractivity contribution in [2.24, 2.45) is 0 Å². The van der Waals surface area contributed by atoms with Crippen molar-refractivity contribution in [3.63, 3.8) is 0 Å². The monoisotopic (exact) mass is 216 g/mol. The Morgan fingerprint density at radius 2 is 1.93 bits per heavy atom. The number of aryl methyl sites for hydroxylation is 1. The number of alkyl halides is 3. The van der Waals surface area contributed by atoms with Crippen molar-refractivity contribution in [1.29, 1.82) is 0 Å². The smallest absolute Gasteiger partial charge is 0.166 e.